The van der Waals surface area contributed by atoms with Crippen LogP contribution in [-0.2, 0) is 0 Å². The fraction of sp³-hybridized carbons (Fsp3) is 0.364. The number of amides is 1. The predicted octanol–water partition coefficient (Wildman–Crippen LogP) is 3.97. The summed E-state index contributed by atoms with van der Waals surface area (Å²) in [6.45, 7) is 1.15. The van der Waals surface area contributed by atoms with Crippen LogP contribution in [0.2, 0.25) is 10.0 Å². The van der Waals surface area contributed by atoms with E-state index in [9.17, 15) is 28.1 Å². The summed E-state index contributed by atoms with van der Waals surface area (Å²) in [5.74, 6) is -0.970. The first-order chi connectivity index (χ1) is 9.51. The fourth-order valence-corrected chi connectivity index (χ4v) is 1.95. The summed E-state index contributed by atoms with van der Waals surface area (Å²) in [6, 6.07) is 0.579. The molecule has 10 heteroatoms. The second kappa shape index (κ2) is 6.48. The number of halogens is 5. The average Bonchev–Trinajstić information content (AvgIpc) is 2.29. The van der Waals surface area contributed by atoms with Gasteiger partial charge in [-0.2, -0.15) is 13.2 Å². The first-order valence-electron chi connectivity index (χ1n) is 5.52. The summed E-state index contributed by atoms with van der Waals surface area (Å²) in [4.78, 5) is 21.7. The van der Waals surface area contributed by atoms with Gasteiger partial charge < -0.3 is 5.32 Å². The molecular weight excluding hydrogens is 336 g/mol. The van der Waals surface area contributed by atoms with Crippen molar-refractivity contribution in [3.8, 4) is 0 Å². The van der Waals surface area contributed by atoms with Crippen molar-refractivity contribution in [3.05, 3.63) is 37.9 Å². The molecule has 1 atom stereocenters. The highest BCUT2D eigenvalue weighted by atomic mass is 35.5. The topological polar surface area (TPSA) is 72.2 Å². The minimum absolute atomic E-state index is 0.237. The summed E-state index contributed by atoms with van der Waals surface area (Å²) in [7, 11) is 0. The number of nitro groups is 1. The maximum Gasteiger partial charge on any atom is 0.391 e. The number of non-ortho nitro benzene ring substituents is 1. The second-order valence-corrected chi connectivity index (χ2v) is 5.03. The summed E-state index contributed by atoms with van der Waals surface area (Å²) in [5.41, 5.74) is -0.845. The van der Waals surface area contributed by atoms with Crippen LogP contribution < -0.4 is 5.32 Å². The molecule has 0 heterocycles. The molecule has 0 saturated carbocycles. The van der Waals surface area contributed by atoms with Gasteiger partial charge in [0.15, 0.2) is 0 Å². The van der Waals surface area contributed by atoms with Crippen molar-refractivity contribution in [2.75, 3.05) is 0 Å². The molecule has 0 aliphatic carbocycles. The molecule has 0 fully saturated rings. The fourth-order valence-electron chi connectivity index (χ4n) is 1.55. The van der Waals surface area contributed by atoms with E-state index in [0.29, 0.717) is 0 Å². The number of rotatable bonds is 4. The molecule has 0 saturated heterocycles. The van der Waals surface area contributed by atoms with Gasteiger partial charge in [-0.3, -0.25) is 14.9 Å². The number of nitro benzene ring substituents is 1. The zero-order chi connectivity index (χ0) is 16.4. The van der Waals surface area contributed by atoms with Gasteiger partial charge in [-0.1, -0.05) is 23.2 Å². The van der Waals surface area contributed by atoms with Crippen molar-refractivity contribution in [1.29, 1.82) is 0 Å². The molecule has 116 valence electrons. The third-order valence-electron chi connectivity index (χ3n) is 2.38. The molecule has 1 amide bonds. The minimum Gasteiger partial charge on any atom is -0.349 e. The molecule has 1 unspecified atom stereocenters. The van der Waals surface area contributed by atoms with Crippen molar-refractivity contribution in [2.45, 2.75) is 25.6 Å². The second-order valence-electron chi connectivity index (χ2n) is 4.24. The molecule has 0 spiro atoms. The van der Waals surface area contributed by atoms with Crippen molar-refractivity contribution in [1.82, 2.24) is 5.32 Å². The number of nitrogens with zero attached hydrogens (tertiary/aromatic N) is 1. The van der Waals surface area contributed by atoms with E-state index in [4.69, 9.17) is 23.2 Å². The molecule has 1 aromatic carbocycles. The molecule has 21 heavy (non-hydrogen) atoms. The lowest BCUT2D eigenvalue weighted by atomic mass is 10.1. The van der Waals surface area contributed by atoms with Gasteiger partial charge in [0.25, 0.3) is 11.6 Å². The van der Waals surface area contributed by atoms with Crippen molar-refractivity contribution in [3.63, 3.8) is 0 Å². The number of carbonyl (C=O) groups excluding carboxylic acids is 1. The Morgan fingerprint density at radius 3 is 2.48 bits per heavy atom. The van der Waals surface area contributed by atoms with E-state index in [1.807, 2.05) is 0 Å². The Balaban J connectivity index is 2.99. The normalized spacial score (nSPS) is 12.9. The van der Waals surface area contributed by atoms with Crippen LogP contribution >= 0.6 is 23.2 Å². The van der Waals surface area contributed by atoms with Gasteiger partial charge >= 0.3 is 6.18 Å². The van der Waals surface area contributed by atoms with Crippen LogP contribution in [0.4, 0.5) is 18.9 Å². The lowest BCUT2D eigenvalue weighted by Crippen LogP contribution is -2.36. The number of hydrogen-bond donors (Lipinski definition) is 1. The summed E-state index contributed by atoms with van der Waals surface area (Å²) in [5, 5.41) is 12.2. The lowest BCUT2D eigenvalue weighted by Gasteiger charge is -2.16. The van der Waals surface area contributed by atoms with E-state index in [2.05, 4.69) is 5.32 Å². The van der Waals surface area contributed by atoms with E-state index in [1.165, 1.54) is 0 Å². The molecule has 1 N–H and O–H groups in total. The first-order valence-corrected chi connectivity index (χ1v) is 6.28. The van der Waals surface area contributed by atoms with Crippen molar-refractivity contribution < 1.29 is 22.9 Å². The van der Waals surface area contributed by atoms with Gasteiger partial charge in [-0.25, -0.2) is 0 Å². The molecule has 0 radical (unpaired) electrons. The number of hydrogen-bond acceptors (Lipinski definition) is 3. The average molecular weight is 345 g/mol. The lowest BCUT2D eigenvalue weighted by molar-refractivity contribution is -0.384. The summed E-state index contributed by atoms with van der Waals surface area (Å²) >= 11 is 11.4. The SMILES string of the molecule is CC(CC(F)(F)F)NC(=O)c1cc([N+](=O)[O-])cc(Cl)c1Cl. The molecule has 5 nitrogen and oxygen atoms in total. The molecule has 0 aliphatic rings. The monoisotopic (exact) mass is 344 g/mol. The van der Waals surface area contributed by atoms with Crippen LogP contribution in [0.1, 0.15) is 23.7 Å². The summed E-state index contributed by atoms with van der Waals surface area (Å²) < 4.78 is 36.6. The third-order valence-corrected chi connectivity index (χ3v) is 3.19. The van der Waals surface area contributed by atoms with Crippen LogP contribution in [0.3, 0.4) is 0 Å². The van der Waals surface area contributed by atoms with Crippen LogP contribution in [0, 0.1) is 10.1 Å². The quantitative estimate of drug-likeness (QED) is 0.663. The Morgan fingerprint density at radius 2 is 2.00 bits per heavy atom. The van der Waals surface area contributed by atoms with E-state index < -0.39 is 35.2 Å². The highest BCUT2D eigenvalue weighted by molar-refractivity contribution is 6.44. The van der Waals surface area contributed by atoms with E-state index in [0.717, 1.165) is 19.1 Å². The number of alkyl halides is 3. The van der Waals surface area contributed by atoms with Crippen molar-refractivity contribution >= 4 is 34.8 Å². The zero-order valence-electron chi connectivity index (χ0n) is 10.5. The zero-order valence-corrected chi connectivity index (χ0v) is 12.0. The number of benzene rings is 1. The Labute approximate surface area is 127 Å². The molecule has 0 aliphatic heterocycles. The van der Waals surface area contributed by atoms with Gasteiger partial charge in [0.2, 0.25) is 0 Å². The smallest absolute Gasteiger partial charge is 0.349 e. The van der Waals surface area contributed by atoms with E-state index in [-0.39, 0.29) is 15.6 Å². The standard InChI is InChI=1S/C11H9Cl2F3N2O3/c1-5(4-11(14,15)16)17-10(19)7-2-6(18(20)21)3-8(12)9(7)13/h2-3,5H,4H2,1H3,(H,17,19). The number of nitrogens with one attached hydrogen (secondary N) is 1. The van der Waals surface area contributed by atoms with Gasteiger partial charge in [0, 0.05) is 18.2 Å². The number of carbonyl (C=O) groups is 1. The highest BCUT2D eigenvalue weighted by Gasteiger charge is 2.31. The predicted molar refractivity (Wildman–Crippen MR) is 70.7 cm³/mol. The van der Waals surface area contributed by atoms with Crippen LogP contribution in [0.15, 0.2) is 12.1 Å². The van der Waals surface area contributed by atoms with Crippen LogP contribution in [0.25, 0.3) is 0 Å². The maximum atomic E-state index is 12.2. The van der Waals surface area contributed by atoms with Gasteiger partial charge in [-0.15, -0.1) is 0 Å². The highest BCUT2D eigenvalue weighted by Crippen LogP contribution is 2.31. The third kappa shape index (κ3) is 5.05. The molecule has 0 bridgehead atoms. The molecule has 1 rings (SSSR count). The largest absolute Gasteiger partial charge is 0.391 e. The van der Waals surface area contributed by atoms with Gasteiger partial charge in [0.05, 0.1) is 27.0 Å². The Bertz CT molecular complexity index is 579. The Morgan fingerprint density at radius 1 is 1.43 bits per heavy atom. The van der Waals surface area contributed by atoms with Gasteiger partial charge in [0.1, 0.15) is 0 Å². The molecule has 0 aromatic heterocycles. The molecular formula is C11H9Cl2F3N2O3. The molecule has 1 aromatic rings. The van der Waals surface area contributed by atoms with Crippen LogP contribution in [0.5, 0.6) is 0 Å². The van der Waals surface area contributed by atoms with Crippen molar-refractivity contribution in [2.24, 2.45) is 0 Å². The van der Waals surface area contributed by atoms with E-state index in [1.54, 1.807) is 0 Å². The maximum absolute atomic E-state index is 12.2. The Kier molecular flexibility index (Phi) is 5.41. The first kappa shape index (κ1) is 17.5. The Hall–Kier alpha value is -1.54. The van der Waals surface area contributed by atoms with E-state index >= 15 is 0 Å². The van der Waals surface area contributed by atoms with Crippen LogP contribution in [-0.4, -0.2) is 23.0 Å². The minimum atomic E-state index is -4.45. The van der Waals surface area contributed by atoms with Gasteiger partial charge in [-0.05, 0) is 6.92 Å². The summed E-state index contributed by atoms with van der Waals surface area (Å²) in [6.07, 6.45) is -5.68.